The Bertz CT molecular complexity index is 1060. The molecule has 2 aromatic carbocycles. The zero-order valence-corrected chi connectivity index (χ0v) is 15.5. The minimum absolute atomic E-state index is 0.0158. The fraction of sp³-hybridized carbons (Fsp3) is 0.200. The van der Waals surface area contributed by atoms with E-state index in [9.17, 15) is 23.1 Å². The van der Waals surface area contributed by atoms with Crippen molar-refractivity contribution in [3.63, 3.8) is 0 Å². The molecule has 1 aliphatic carbocycles. The van der Waals surface area contributed by atoms with Crippen LogP contribution in [0.4, 0.5) is 13.2 Å². The molecule has 1 aliphatic rings. The van der Waals surface area contributed by atoms with Gasteiger partial charge in [0.1, 0.15) is 5.02 Å². The fourth-order valence-electron chi connectivity index (χ4n) is 3.37. The van der Waals surface area contributed by atoms with Gasteiger partial charge in [-0.3, -0.25) is 4.79 Å². The van der Waals surface area contributed by atoms with Crippen LogP contribution >= 0.6 is 11.6 Å². The van der Waals surface area contributed by atoms with Gasteiger partial charge in [0.15, 0.2) is 11.5 Å². The zero-order valence-electron chi connectivity index (χ0n) is 14.7. The number of amides is 1. The highest BCUT2D eigenvalue weighted by Gasteiger charge is 2.34. The molecule has 0 fully saturated rings. The maximum absolute atomic E-state index is 12.7. The molecule has 1 aromatic heterocycles. The molecular weight excluding hydrogens is 409 g/mol. The average Bonchev–Trinajstić information content (AvgIpc) is 3.21. The molecule has 0 spiro atoms. The van der Waals surface area contributed by atoms with Gasteiger partial charge in [0.05, 0.1) is 17.7 Å². The number of benzene rings is 2. The second kappa shape index (κ2) is 7.20. The van der Waals surface area contributed by atoms with E-state index in [-0.39, 0.29) is 22.0 Å². The van der Waals surface area contributed by atoms with E-state index in [4.69, 9.17) is 16.1 Å². The lowest BCUT2D eigenvalue weighted by Crippen LogP contribution is -2.34. The van der Waals surface area contributed by atoms with E-state index < -0.39 is 29.8 Å². The monoisotopic (exact) mass is 422 g/mol. The molecule has 5 nitrogen and oxygen atoms in total. The lowest BCUT2D eigenvalue weighted by molar-refractivity contribution is -0.137. The van der Waals surface area contributed by atoms with Crippen LogP contribution in [0.15, 0.2) is 53.1 Å². The molecule has 150 valence electrons. The molecule has 29 heavy (non-hydrogen) atoms. The molecule has 1 heterocycles. The van der Waals surface area contributed by atoms with E-state index in [1.807, 2.05) is 24.3 Å². The number of aromatic nitrogens is 1. The SMILES string of the molecule is O=C(N[C@@H]1c2ccccc2C[C@@H]1O)c1noc(-c2ccc(C(F)(F)F)cc2)c1Cl. The van der Waals surface area contributed by atoms with Gasteiger partial charge < -0.3 is 14.9 Å². The molecule has 2 atom stereocenters. The van der Waals surface area contributed by atoms with Gasteiger partial charge in [-0.25, -0.2) is 0 Å². The second-order valence-corrected chi connectivity index (χ2v) is 7.05. The summed E-state index contributed by atoms with van der Waals surface area (Å²) < 4.78 is 43.2. The van der Waals surface area contributed by atoms with Crippen molar-refractivity contribution in [1.82, 2.24) is 10.5 Å². The van der Waals surface area contributed by atoms with Crippen molar-refractivity contribution in [2.75, 3.05) is 0 Å². The van der Waals surface area contributed by atoms with E-state index in [0.29, 0.717) is 6.42 Å². The molecular formula is C20H14ClF3N2O3. The summed E-state index contributed by atoms with van der Waals surface area (Å²) in [6.45, 7) is 0. The lowest BCUT2D eigenvalue weighted by Gasteiger charge is -2.17. The Morgan fingerprint density at radius 3 is 2.55 bits per heavy atom. The summed E-state index contributed by atoms with van der Waals surface area (Å²) in [5, 5.41) is 16.5. The standard InChI is InChI=1S/C20H14ClF3N2O3/c21-15-17(19(28)25-16-13-4-2-1-3-11(13)9-14(16)27)26-29-18(15)10-5-7-12(8-6-10)20(22,23)24/h1-8,14,16,27H,9H2,(H,25,28)/t14-,16+/m0/s1. The summed E-state index contributed by atoms with van der Waals surface area (Å²) in [5.41, 5.74) is 0.959. The van der Waals surface area contributed by atoms with Crippen molar-refractivity contribution < 1.29 is 27.6 Å². The third-order valence-corrected chi connectivity index (χ3v) is 5.17. The quantitative estimate of drug-likeness (QED) is 0.656. The molecule has 0 unspecified atom stereocenters. The summed E-state index contributed by atoms with van der Waals surface area (Å²) in [7, 11) is 0. The van der Waals surface area contributed by atoms with E-state index in [1.165, 1.54) is 12.1 Å². The summed E-state index contributed by atoms with van der Waals surface area (Å²) in [5.74, 6) is -0.671. The Labute approximate surface area is 168 Å². The number of rotatable bonds is 3. The van der Waals surface area contributed by atoms with Crippen LogP contribution in [0.2, 0.25) is 5.02 Å². The van der Waals surface area contributed by atoms with E-state index in [1.54, 1.807) is 0 Å². The van der Waals surface area contributed by atoms with Gasteiger partial charge >= 0.3 is 6.18 Å². The van der Waals surface area contributed by atoms with Crippen LogP contribution in [0.1, 0.15) is 33.2 Å². The van der Waals surface area contributed by atoms with Crippen LogP contribution in [0.3, 0.4) is 0 Å². The molecule has 1 amide bonds. The number of halogens is 4. The summed E-state index contributed by atoms with van der Waals surface area (Å²) in [6, 6.07) is 10.9. The maximum atomic E-state index is 12.7. The predicted octanol–water partition coefficient (Wildman–Crippen LogP) is 4.40. The van der Waals surface area contributed by atoms with Crippen LogP contribution in [0.5, 0.6) is 0 Å². The highest BCUT2D eigenvalue weighted by Crippen LogP contribution is 2.35. The van der Waals surface area contributed by atoms with Gasteiger partial charge in [-0.2, -0.15) is 13.2 Å². The largest absolute Gasteiger partial charge is 0.416 e. The molecule has 4 rings (SSSR count). The number of aliphatic hydroxyl groups excluding tert-OH is 1. The van der Waals surface area contributed by atoms with Crippen LogP contribution < -0.4 is 5.32 Å². The normalized spacial score (nSPS) is 18.5. The first-order valence-electron chi connectivity index (χ1n) is 8.65. The van der Waals surface area contributed by atoms with Gasteiger partial charge in [0, 0.05) is 12.0 Å². The molecule has 3 aromatic rings. The number of hydrogen-bond acceptors (Lipinski definition) is 4. The lowest BCUT2D eigenvalue weighted by atomic mass is 10.1. The van der Waals surface area contributed by atoms with Gasteiger partial charge in [0.2, 0.25) is 0 Å². The van der Waals surface area contributed by atoms with Gasteiger partial charge in [0.25, 0.3) is 5.91 Å². The third kappa shape index (κ3) is 3.61. The average molecular weight is 423 g/mol. The highest BCUT2D eigenvalue weighted by atomic mass is 35.5. The molecule has 0 aliphatic heterocycles. The molecule has 0 saturated carbocycles. The van der Waals surface area contributed by atoms with Gasteiger partial charge in [-0.05, 0) is 23.3 Å². The number of fused-ring (bicyclic) bond motifs is 1. The van der Waals surface area contributed by atoms with Crippen LogP contribution in [-0.4, -0.2) is 22.3 Å². The minimum atomic E-state index is -4.47. The zero-order chi connectivity index (χ0) is 20.8. The van der Waals surface area contributed by atoms with E-state index in [2.05, 4.69) is 10.5 Å². The van der Waals surface area contributed by atoms with Crippen molar-refractivity contribution in [3.8, 4) is 11.3 Å². The van der Waals surface area contributed by atoms with Crippen molar-refractivity contribution in [3.05, 3.63) is 75.9 Å². The number of hydrogen-bond donors (Lipinski definition) is 2. The first kappa shape index (κ1) is 19.5. The van der Waals surface area contributed by atoms with Crippen molar-refractivity contribution in [2.45, 2.75) is 24.7 Å². The highest BCUT2D eigenvalue weighted by molar-refractivity contribution is 6.35. The number of nitrogens with one attached hydrogen (secondary N) is 1. The number of aliphatic hydroxyl groups is 1. The van der Waals surface area contributed by atoms with Crippen LogP contribution in [0, 0.1) is 0 Å². The Morgan fingerprint density at radius 1 is 1.17 bits per heavy atom. The molecule has 0 bridgehead atoms. The third-order valence-electron chi connectivity index (χ3n) is 4.82. The first-order valence-corrected chi connectivity index (χ1v) is 9.03. The number of nitrogens with zero attached hydrogens (tertiary/aromatic N) is 1. The minimum Gasteiger partial charge on any atom is -0.390 e. The molecule has 2 N–H and O–H groups in total. The number of alkyl halides is 3. The summed E-state index contributed by atoms with van der Waals surface area (Å²) in [6.07, 6.45) is -4.85. The Hall–Kier alpha value is -2.84. The first-order chi connectivity index (χ1) is 13.8. The maximum Gasteiger partial charge on any atom is 0.416 e. The topological polar surface area (TPSA) is 75.4 Å². The van der Waals surface area contributed by atoms with E-state index in [0.717, 1.165) is 23.3 Å². The summed E-state index contributed by atoms with van der Waals surface area (Å²) >= 11 is 6.20. The number of carbonyl (C=O) groups is 1. The predicted molar refractivity (Wildman–Crippen MR) is 98.3 cm³/mol. The van der Waals surface area contributed by atoms with Gasteiger partial charge in [-0.15, -0.1) is 0 Å². The second-order valence-electron chi connectivity index (χ2n) is 6.67. The van der Waals surface area contributed by atoms with Crippen LogP contribution in [-0.2, 0) is 12.6 Å². The Morgan fingerprint density at radius 2 is 1.86 bits per heavy atom. The van der Waals surface area contributed by atoms with E-state index >= 15 is 0 Å². The van der Waals surface area contributed by atoms with Crippen molar-refractivity contribution in [1.29, 1.82) is 0 Å². The van der Waals surface area contributed by atoms with Crippen molar-refractivity contribution in [2.24, 2.45) is 0 Å². The molecule has 0 radical (unpaired) electrons. The Kier molecular flexibility index (Phi) is 4.84. The smallest absolute Gasteiger partial charge is 0.390 e. The Balaban J connectivity index is 1.56. The number of carbonyl (C=O) groups excluding carboxylic acids is 1. The van der Waals surface area contributed by atoms with Gasteiger partial charge in [-0.1, -0.05) is 53.2 Å². The molecule has 0 saturated heterocycles. The fourth-order valence-corrected chi connectivity index (χ4v) is 3.63. The summed E-state index contributed by atoms with van der Waals surface area (Å²) in [4.78, 5) is 12.6. The van der Waals surface area contributed by atoms with Crippen LogP contribution in [0.25, 0.3) is 11.3 Å². The van der Waals surface area contributed by atoms with Crippen molar-refractivity contribution >= 4 is 17.5 Å². The molecule has 9 heteroatoms.